The third-order valence-electron chi connectivity index (χ3n) is 3.55. The fraction of sp³-hybridized carbons (Fsp3) is 0.222. The molecule has 2 rings (SSSR count). The second kappa shape index (κ2) is 7.92. The van der Waals surface area contributed by atoms with E-state index in [9.17, 15) is 9.59 Å². The molecule has 2 amide bonds. The van der Waals surface area contributed by atoms with Crippen molar-refractivity contribution in [3.8, 4) is 0 Å². The molecule has 0 bridgehead atoms. The van der Waals surface area contributed by atoms with Crippen molar-refractivity contribution >= 4 is 33.4 Å². The Balaban J connectivity index is 2.05. The summed E-state index contributed by atoms with van der Waals surface area (Å²) in [6.45, 7) is 3.91. The van der Waals surface area contributed by atoms with Crippen molar-refractivity contribution in [3.05, 3.63) is 64.1 Å². The molecule has 0 fully saturated rings. The zero-order valence-electron chi connectivity index (χ0n) is 13.2. The summed E-state index contributed by atoms with van der Waals surface area (Å²) in [5.41, 5.74) is 2.83. The second-order valence-corrected chi connectivity index (χ2v) is 6.18. The number of nitrogens with one attached hydrogen (secondary N) is 1. The van der Waals surface area contributed by atoms with E-state index < -0.39 is 0 Å². The normalized spacial score (nSPS) is 10.2. The van der Waals surface area contributed by atoms with Gasteiger partial charge in [0.05, 0.1) is 5.69 Å². The Hall–Kier alpha value is -2.14. The van der Waals surface area contributed by atoms with E-state index in [0.717, 1.165) is 15.6 Å². The number of nitrogens with zero attached hydrogens (tertiary/aromatic N) is 1. The van der Waals surface area contributed by atoms with E-state index in [1.807, 2.05) is 49.4 Å². The summed E-state index contributed by atoms with van der Waals surface area (Å²) >= 11 is 3.39. The van der Waals surface area contributed by atoms with Crippen molar-refractivity contribution in [2.75, 3.05) is 11.9 Å². The lowest BCUT2D eigenvalue weighted by molar-refractivity contribution is -0.133. The van der Waals surface area contributed by atoms with E-state index in [0.29, 0.717) is 12.2 Å². The van der Waals surface area contributed by atoms with Gasteiger partial charge in [0.1, 0.15) is 6.54 Å². The highest BCUT2D eigenvalue weighted by molar-refractivity contribution is 9.10. The number of carbonyl (C=O) groups excluding carboxylic acids is 2. The first kappa shape index (κ1) is 17.2. The van der Waals surface area contributed by atoms with Crippen LogP contribution in [0.1, 0.15) is 18.1 Å². The molecule has 2 aromatic rings. The molecule has 0 aliphatic carbocycles. The molecule has 0 aliphatic heterocycles. The third kappa shape index (κ3) is 4.93. The summed E-state index contributed by atoms with van der Waals surface area (Å²) in [7, 11) is 0. The van der Waals surface area contributed by atoms with Gasteiger partial charge in [-0.15, -0.1) is 0 Å². The zero-order chi connectivity index (χ0) is 16.8. The van der Waals surface area contributed by atoms with E-state index in [4.69, 9.17) is 0 Å². The van der Waals surface area contributed by atoms with Crippen LogP contribution in [-0.4, -0.2) is 23.3 Å². The molecule has 0 saturated carbocycles. The van der Waals surface area contributed by atoms with Crippen molar-refractivity contribution in [2.24, 2.45) is 0 Å². The van der Waals surface area contributed by atoms with Crippen molar-refractivity contribution in [3.63, 3.8) is 0 Å². The van der Waals surface area contributed by atoms with E-state index >= 15 is 0 Å². The van der Waals surface area contributed by atoms with Crippen LogP contribution in [-0.2, 0) is 16.1 Å². The average molecular weight is 375 g/mol. The van der Waals surface area contributed by atoms with Gasteiger partial charge in [0.15, 0.2) is 0 Å². The fourth-order valence-electron chi connectivity index (χ4n) is 2.20. The van der Waals surface area contributed by atoms with E-state index in [1.54, 1.807) is 6.07 Å². The molecule has 0 spiro atoms. The molecule has 0 aliphatic rings. The number of carbonyl (C=O) groups is 2. The first-order chi connectivity index (χ1) is 11.0. The molecule has 0 atom stereocenters. The predicted octanol–water partition coefficient (Wildman–Crippen LogP) is 3.74. The first-order valence-corrected chi connectivity index (χ1v) is 8.11. The fourth-order valence-corrected chi connectivity index (χ4v) is 2.58. The van der Waals surface area contributed by atoms with Crippen LogP contribution >= 0.6 is 15.9 Å². The number of amides is 2. The molecule has 1 N–H and O–H groups in total. The van der Waals surface area contributed by atoms with Gasteiger partial charge in [-0.05, 0) is 46.1 Å². The highest BCUT2D eigenvalue weighted by Gasteiger charge is 2.15. The highest BCUT2D eigenvalue weighted by Crippen LogP contribution is 2.21. The summed E-state index contributed by atoms with van der Waals surface area (Å²) in [6, 6.07) is 15.2. The molecule has 0 heterocycles. The molecule has 0 radical (unpaired) electrons. The monoisotopic (exact) mass is 374 g/mol. The van der Waals surface area contributed by atoms with Crippen LogP contribution in [0.15, 0.2) is 53.0 Å². The number of benzene rings is 2. The van der Waals surface area contributed by atoms with Gasteiger partial charge in [-0.25, -0.2) is 0 Å². The van der Waals surface area contributed by atoms with Gasteiger partial charge in [-0.1, -0.05) is 36.4 Å². The Kier molecular flexibility index (Phi) is 5.93. The van der Waals surface area contributed by atoms with Gasteiger partial charge >= 0.3 is 0 Å². The van der Waals surface area contributed by atoms with Gasteiger partial charge in [0.25, 0.3) is 0 Å². The Morgan fingerprint density at radius 1 is 1.09 bits per heavy atom. The number of hydrogen-bond donors (Lipinski definition) is 1. The van der Waals surface area contributed by atoms with Gasteiger partial charge < -0.3 is 10.2 Å². The van der Waals surface area contributed by atoms with Crippen LogP contribution in [0.4, 0.5) is 5.69 Å². The lowest BCUT2D eigenvalue weighted by atomic mass is 10.1. The number of rotatable bonds is 5. The number of aryl methyl sites for hydroxylation is 1. The minimum atomic E-state index is -0.222. The van der Waals surface area contributed by atoms with Gasteiger partial charge in [-0.2, -0.15) is 0 Å². The smallest absolute Gasteiger partial charge is 0.244 e. The van der Waals surface area contributed by atoms with Crippen LogP contribution in [0.25, 0.3) is 0 Å². The molecule has 23 heavy (non-hydrogen) atoms. The summed E-state index contributed by atoms with van der Waals surface area (Å²) in [4.78, 5) is 25.6. The molecular weight excluding hydrogens is 356 g/mol. The average Bonchev–Trinajstić information content (AvgIpc) is 2.51. The molecule has 0 saturated heterocycles. The summed E-state index contributed by atoms with van der Waals surface area (Å²) in [6.07, 6.45) is 0. The maximum absolute atomic E-state index is 12.2. The summed E-state index contributed by atoms with van der Waals surface area (Å²) in [5.74, 6) is -0.351. The van der Waals surface area contributed by atoms with Crippen LogP contribution in [0.5, 0.6) is 0 Å². The molecule has 2 aromatic carbocycles. The van der Waals surface area contributed by atoms with Crippen LogP contribution < -0.4 is 5.32 Å². The van der Waals surface area contributed by atoms with Gasteiger partial charge in [0.2, 0.25) is 11.8 Å². The molecule has 0 aromatic heterocycles. The van der Waals surface area contributed by atoms with Crippen molar-refractivity contribution in [1.29, 1.82) is 0 Å². The Morgan fingerprint density at radius 3 is 2.39 bits per heavy atom. The van der Waals surface area contributed by atoms with E-state index in [2.05, 4.69) is 21.2 Å². The Bertz CT molecular complexity index is 716. The number of halogens is 1. The van der Waals surface area contributed by atoms with E-state index in [-0.39, 0.29) is 18.4 Å². The van der Waals surface area contributed by atoms with Gasteiger partial charge in [0, 0.05) is 17.9 Å². The molecule has 0 unspecified atom stereocenters. The van der Waals surface area contributed by atoms with Gasteiger partial charge in [-0.3, -0.25) is 9.59 Å². The minimum absolute atomic E-state index is 0.0189. The predicted molar refractivity (Wildman–Crippen MR) is 95.0 cm³/mol. The molecule has 4 nitrogen and oxygen atoms in total. The Labute approximate surface area is 144 Å². The highest BCUT2D eigenvalue weighted by atomic mass is 79.9. The first-order valence-electron chi connectivity index (χ1n) is 7.32. The molecule has 120 valence electrons. The SMILES string of the molecule is CC(=O)N(CC(=O)Nc1ccccc1Br)Cc1ccccc1C. The van der Waals surface area contributed by atoms with E-state index in [1.165, 1.54) is 11.8 Å². The standard InChI is InChI=1S/C18H19BrN2O2/c1-13-7-3-4-8-15(13)11-21(14(2)22)12-18(23)20-17-10-6-5-9-16(17)19/h3-10H,11-12H2,1-2H3,(H,20,23). The van der Waals surface area contributed by atoms with Crippen molar-refractivity contribution in [2.45, 2.75) is 20.4 Å². The third-order valence-corrected chi connectivity index (χ3v) is 4.24. The topological polar surface area (TPSA) is 49.4 Å². The number of hydrogen-bond acceptors (Lipinski definition) is 2. The molecular formula is C18H19BrN2O2. The summed E-state index contributed by atoms with van der Waals surface area (Å²) < 4.78 is 0.807. The lowest BCUT2D eigenvalue weighted by Gasteiger charge is -2.21. The largest absolute Gasteiger partial charge is 0.329 e. The zero-order valence-corrected chi connectivity index (χ0v) is 14.8. The maximum Gasteiger partial charge on any atom is 0.244 e. The number of anilines is 1. The Morgan fingerprint density at radius 2 is 1.74 bits per heavy atom. The lowest BCUT2D eigenvalue weighted by Crippen LogP contribution is -2.36. The van der Waals surface area contributed by atoms with Crippen molar-refractivity contribution in [1.82, 2.24) is 4.90 Å². The van der Waals surface area contributed by atoms with Crippen LogP contribution in [0, 0.1) is 6.92 Å². The quantitative estimate of drug-likeness (QED) is 0.866. The van der Waals surface area contributed by atoms with Crippen LogP contribution in [0.2, 0.25) is 0 Å². The second-order valence-electron chi connectivity index (χ2n) is 5.33. The minimum Gasteiger partial charge on any atom is -0.329 e. The number of para-hydroxylation sites is 1. The van der Waals surface area contributed by atoms with Crippen molar-refractivity contribution < 1.29 is 9.59 Å². The maximum atomic E-state index is 12.2. The van der Waals surface area contributed by atoms with Crippen LogP contribution in [0.3, 0.4) is 0 Å². The molecule has 5 heteroatoms. The summed E-state index contributed by atoms with van der Waals surface area (Å²) in [5, 5.41) is 2.82.